The molecule has 62 valence electrons. The molecule has 0 radical (unpaired) electrons. The SMILES string of the molecule is COCCC[Si](C)(C)OC. The van der Waals surface area contributed by atoms with Crippen LogP contribution in [-0.2, 0) is 9.16 Å². The molecular formula is C7H18O2Si. The van der Waals surface area contributed by atoms with Gasteiger partial charge in [-0.05, 0) is 25.6 Å². The first kappa shape index (κ1) is 10.1. The fraction of sp³-hybridized carbons (Fsp3) is 1.00. The van der Waals surface area contributed by atoms with Crippen LogP contribution in [0.4, 0.5) is 0 Å². The highest BCUT2D eigenvalue weighted by Crippen LogP contribution is 2.11. The lowest BCUT2D eigenvalue weighted by atomic mass is 10.5. The molecule has 0 rings (SSSR count). The number of rotatable bonds is 5. The maximum absolute atomic E-state index is 5.37. The lowest BCUT2D eigenvalue weighted by molar-refractivity contribution is 0.197. The van der Waals surface area contributed by atoms with Crippen molar-refractivity contribution in [3.8, 4) is 0 Å². The Morgan fingerprint density at radius 2 is 1.80 bits per heavy atom. The number of methoxy groups -OCH3 is 1. The maximum Gasteiger partial charge on any atom is 0.186 e. The topological polar surface area (TPSA) is 18.5 Å². The summed E-state index contributed by atoms with van der Waals surface area (Å²) in [6, 6.07) is 1.19. The van der Waals surface area contributed by atoms with Gasteiger partial charge in [-0.25, -0.2) is 0 Å². The van der Waals surface area contributed by atoms with Gasteiger partial charge < -0.3 is 9.16 Å². The van der Waals surface area contributed by atoms with Gasteiger partial charge in [-0.15, -0.1) is 0 Å². The molecule has 3 heteroatoms. The van der Waals surface area contributed by atoms with E-state index in [0.717, 1.165) is 13.0 Å². The van der Waals surface area contributed by atoms with Gasteiger partial charge >= 0.3 is 0 Å². The molecule has 0 unspecified atom stereocenters. The summed E-state index contributed by atoms with van der Waals surface area (Å²) in [5.41, 5.74) is 0. The molecule has 0 fully saturated rings. The minimum absolute atomic E-state index is 0.861. The molecule has 0 aliphatic carbocycles. The van der Waals surface area contributed by atoms with Gasteiger partial charge in [-0.2, -0.15) is 0 Å². The van der Waals surface area contributed by atoms with E-state index in [1.165, 1.54) is 6.04 Å². The van der Waals surface area contributed by atoms with Gasteiger partial charge in [0.25, 0.3) is 0 Å². The molecule has 0 aromatic rings. The molecule has 2 nitrogen and oxygen atoms in total. The van der Waals surface area contributed by atoms with Gasteiger partial charge in [0.2, 0.25) is 0 Å². The van der Waals surface area contributed by atoms with Crippen molar-refractivity contribution in [3.63, 3.8) is 0 Å². The first-order valence-corrected chi connectivity index (χ1v) is 6.78. The van der Waals surface area contributed by atoms with Crippen molar-refractivity contribution in [2.75, 3.05) is 20.8 Å². The van der Waals surface area contributed by atoms with Crippen LogP contribution < -0.4 is 0 Å². The highest BCUT2D eigenvalue weighted by atomic mass is 28.4. The summed E-state index contributed by atoms with van der Waals surface area (Å²) >= 11 is 0. The van der Waals surface area contributed by atoms with E-state index in [2.05, 4.69) is 13.1 Å². The second-order valence-electron chi connectivity index (χ2n) is 3.06. The van der Waals surface area contributed by atoms with E-state index in [4.69, 9.17) is 9.16 Å². The van der Waals surface area contributed by atoms with Gasteiger partial charge in [0.15, 0.2) is 8.32 Å². The van der Waals surface area contributed by atoms with E-state index in [-0.39, 0.29) is 0 Å². The fourth-order valence-corrected chi connectivity index (χ4v) is 1.94. The van der Waals surface area contributed by atoms with Crippen LogP contribution in [0, 0.1) is 0 Å². The van der Waals surface area contributed by atoms with Crippen LogP contribution in [0.25, 0.3) is 0 Å². The Balaban J connectivity index is 3.28. The summed E-state index contributed by atoms with van der Waals surface area (Å²) in [6.07, 6.45) is 1.13. The zero-order valence-corrected chi connectivity index (χ0v) is 8.44. The Bertz CT molecular complexity index is 83.7. The van der Waals surface area contributed by atoms with Crippen LogP contribution in [-0.4, -0.2) is 29.1 Å². The Morgan fingerprint density at radius 3 is 2.20 bits per heavy atom. The third kappa shape index (κ3) is 4.96. The van der Waals surface area contributed by atoms with Gasteiger partial charge in [-0.3, -0.25) is 0 Å². The summed E-state index contributed by atoms with van der Waals surface area (Å²) in [5, 5.41) is 0. The Morgan fingerprint density at radius 1 is 1.20 bits per heavy atom. The molecule has 0 aromatic heterocycles. The normalized spacial score (nSPS) is 12.0. The van der Waals surface area contributed by atoms with Crippen LogP contribution >= 0.6 is 0 Å². The predicted molar refractivity (Wildman–Crippen MR) is 45.8 cm³/mol. The van der Waals surface area contributed by atoms with Crippen molar-refractivity contribution in [1.82, 2.24) is 0 Å². The molecule has 0 heterocycles. The van der Waals surface area contributed by atoms with Gasteiger partial charge in [0.05, 0.1) is 0 Å². The molecule has 0 bridgehead atoms. The molecular weight excluding hydrogens is 144 g/mol. The second kappa shape index (κ2) is 4.88. The highest BCUT2D eigenvalue weighted by Gasteiger charge is 2.18. The lowest BCUT2D eigenvalue weighted by Gasteiger charge is -2.18. The summed E-state index contributed by atoms with van der Waals surface area (Å²) in [7, 11) is 2.25. The molecule has 0 amide bonds. The maximum atomic E-state index is 5.37. The zero-order chi connectivity index (χ0) is 8.04. The molecule has 0 saturated carbocycles. The van der Waals surface area contributed by atoms with Crippen molar-refractivity contribution in [3.05, 3.63) is 0 Å². The Kier molecular flexibility index (Phi) is 4.94. The minimum Gasteiger partial charge on any atom is -0.420 e. The van der Waals surface area contributed by atoms with Crippen molar-refractivity contribution in [1.29, 1.82) is 0 Å². The van der Waals surface area contributed by atoms with E-state index in [1.807, 2.05) is 0 Å². The minimum atomic E-state index is -1.29. The van der Waals surface area contributed by atoms with Crippen LogP contribution in [0.5, 0.6) is 0 Å². The zero-order valence-electron chi connectivity index (χ0n) is 7.44. The van der Waals surface area contributed by atoms with Crippen LogP contribution in [0.3, 0.4) is 0 Å². The summed E-state index contributed by atoms with van der Waals surface area (Å²) in [4.78, 5) is 0. The molecule has 0 aromatic carbocycles. The lowest BCUT2D eigenvalue weighted by Crippen LogP contribution is -2.28. The molecule has 0 N–H and O–H groups in total. The first-order chi connectivity index (χ1) is 4.62. The van der Waals surface area contributed by atoms with Crippen LogP contribution in [0.15, 0.2) is 0 Å². The molecule has 0 spiro atoms. The molecule has 10 heavy (non-hydrogen) atoms. The van der Waals surface area contributed by atoms with Crippen molar-refractivity contribution in [2.24, 2.45) is 0 Å². The van der Waals surface area contributed by atoms with Crippen LogP contribution in [0.2, 0.25) is 19.1 Å². The van der Waals surface area contributed by atoms with Crippen molar-refractivity contribution in [2.45, 2.75) is 25.6 Å². The summed E-state index contributed by atoms with van der Waals surface area (Å²) in [5.74, 6) is 0. The van der Waals surface area contributed by atoms with Crippen molar-refractivity contribution >= 4 is 8.32 Å². The first-order valence-electron chi connectivity index (χ1n) is 3.66. The third-order valence-electron chi connectivity index (χ3n) is 1.68. The van der Waals surface area contributed by atoms with E-state index in [0.29, 0.717) is 0 Å². The third-order valence-corrected chi connectivity index (χ3v) is 4.34. The van der Waals surface area contributed by atoms with Crippen molar-refractivity contribution < 1.29 is 9.16 Å². The summed E-state index contributed by atoms with van der Waals surface area (Å²) < 4.78 is 10.3. The quantitative estimate of drug-likeness (QED) is 0.454. The van der Waals surface area contributed by atoms with E-state index in [1.54, 1.807) is 14.2 Å². The van der Waals surface area contributed by atoms with E-state index in [9.17, 15) is 0 Å². The van der Waals surface area contributed by atoms with Gasteiger partial charge in [-0.1, -0.05) is 0 Å². The predicted octanol–water partition coefficient (Wildman–Crippen LogP) is 1.87. The number of hydrogen-bond acceptors (Lipinski definition) is 2. The monoisotopic (exact) mass is 162 g/mol. The Labute approximate surface area is 64.7 Å². The molecule has 0 saturated heterocycles. The fourth-order valence-electron chi connectivity index (χ4n) is 0.744. The number of hydrogen-bond donors (Lipinski definition) is 0. The molecule has 0 aliphatic rings. The molecule has 0 aliphatic heterocycles. The smallest absolute Gasteiger partial charge is 0.186 e. The average molecular weight is 162 g/mol. The summed E-state index contributed by atoms with van der Waals surface area (Å²) in [6.45, 7) is 5.31. The van der Waals surface area contributed by atoms with Gasteiger partial charge in [0.1, 0.15) is 0 Å². The van der Waals surface area contributed by atoms with Crippen LogP contribution in [0.1, 0.15) is 6.42 Å². The van der Waals surface area contributed by atoms with E-state index >= 15 is 0 Å². The van der Waals surface area contributed by atoms with Gasteiger partial charge in [0, 0.05) is 20.8 Å². The van der Waals surface area contributed by atoms with E-state index < -0.39 is 8.32 Å². The standard InChI is InChI=1S/C7H18O2Si/c1-8-6-5-7-10(3,4)9-2/h5-7H2,1-4H3. The Hall–Kier alpha value is 0.137. The average Bonchev–Trinajstić information content (AvgIpc) is 1.89. The molecule has 0 atom stereocenters. The second-order valence-corrected chi connectivity index (χ2v) is 7.49. The largest absolute Gasteiger partial charge is 0.420 e. The highest BCUT2D eigenvalue weighted by molar-refractivity contribution is 6.71. The number of ether oxygens (including phenoxy) is 1.